The molecule has 0 saturated heterocycles. The average molecular weight is 208 g/mol. The second-order valence-electron chi connectivity index (χ2n) is 1.47. The van der Waals surface area contributed by atoms with Crippen LogP contribution in [0.1, 0.15) is 6.92 Å². The molecular weight excluding hydrogens is 202 g/mol. The van der Waals surface area contributed by atoms with Crippen LogP contribution < -0.4 is 0 Å². The van der Waals surface area contributed by atoms with Gasteiger partial charge in [0.15, 0.2) is 0 Å². The fraction of sp³-hybridized carbons (Fsp3) is 0.200. The molecular formula is C5H6K2O4. The summed E-state index contributed by atoms with van der Waals surface area (Å²) in [7, 11) is 0. The second-order valence-corrected chi connectivity index (χ2v) is 1.47. The largest absolute Gasteiger partial charge is 0.478 e. The standard InChI is InChI=1S/C5H6O4.2K/c1-3(5(8)9)2-4(6)7;;/h2H,1H3,(H,6,7)(H,8,9);;/b3-2-;;. The van der Waals surface area contributed by atoms with Crippen molar-refractivity contribution in [2.24, 2.45) is 0 Å². The number of carboxylic acid groups (broad SMARTS) is 2. The molecule has 2 N–H and O–H groups in total. The Balaban J connectivity index is -0.000000320. The van der Waals surface area contributed by atoms with Gasteiger partial charge in [0.25, 0.3) is 0 Å². The SMILES string of the molecule is C/C(=C/C(=O)O)C(=O)O.[K].[K]. The summed E-state index contributed by atoms with van der Waals surface area (Å²) in [6.07, 6.45) is 0.641. The molecule has 0 aromatic heterocycles. The van der Waals surface area contributed by atoms with Crippen molar-refractivity contribution in [3.8, 4) is 0 Å². The summed E-state index contributed by atoms with van der Waals surface area (Å²) in [4.78, 5) is 19.7. The Morgan fingerprint density at radius 1 is 1.18 bits per heavy atom. The predicted octanol–water partition coefficient (Wildman–Crippen LogP) is -0.660. The van der Waals surface area contributed by atoms with Gasteiger partial charge in [-0.3, -0.25) is 0 Å². The van der Waals surface area contributed by atoms with Gasteiger partial charge in [-0.25, -0.2) is 9.59 Å². The van der Waals surface area contributed by atoms with E-state index >= 15 is 0 Å². The van der Waals surface area contributed by atoms with E-state index in [1.165, 1.54) is 6.92 Å². The first-order chi connectivity index (χ1) is 4.04. The summed E-state index contributed by atoms with van der Waals surface area (Å²) >= 11 is 0. The van der Waals surface area contributed by atoms with Crippen molar-refractivity contribution in [2.45, 2.75) is 6.92 Å². The van der Waals surface area contributed by atoms with Gasteiger partial charge in [0, 0.05) is 114 Å². The van der Waals surface area contributed by atoms with E-state index in [2.05, 4.69) is 0 Å². The Morgan fingerprint density at radius 2 is 1.55 bits per heavy atom. The minimum absolute atomic E-state index is 0. The van der Waals surface area contributed by atoms with E-state index in [-0.39, 0.29) is 108 Å². The number of hydrogen-bond acceptors (Lipinski definition) is 2. The van der Waals surface area contributed by atoms with Gasteiger partial charge in [-0.15, -0.1) is 0 Å². The quantitative estimate of drug-likeness (QED) is 0.467. The van der Waals surface area contributed by atoms with Crippen molar-refractivity contribution >= 4 is 115 Å². The van der Waals surface area contributed by atoms with Crippen LogP contribution in [-0.2, 0) is 9.59 Å². The first-order valence-corrected chi connectivity index (χ1v) is 2.18. The number of hydrogen-bond donors (Lipinski definition) is 2. The van der Waals surface area contributed by atoms with Crippen LogP contribution in [0.15, 0.2) is 11.6 Å². The van der Waals surface area contributed by atoms with Crippen LogP contribution in [0.2, 0.25) is 0 Å². The number of carboxylic acids is 2. The maximum Gasteiger partial charge on any atom is 0.331 e. The first-order valence-electron chi connectivity index (χ1n) is 2.18. The third-order valence-electron chi connectivity index (χ3n) is 0.677. The molecule has 0 aliphatic rings. The first kappa shape index (κ1) is 18.7. The summed E-state index contributed by atoms with van der Waals surface area (Å²) < 4.78 is 0. The zero-order valence-electron chi connectivity index (χ0n) is 6.79. The van der Waals surface area contributed by atoms with Gasteiger partial charge in [0.1, 0.15) is 0 Å². The molecule has 0 spiro atoms. The summed E-state index contributed by atoms with van der Waals surface area (Å²) in [5.41, 5.74) is -0.178. The molecule has 0 fully saturated rings. The predicted molar refractivity (Wildman–Crippen MR) is 40.5 cm³/mol. The van der Waals surface area contributed by atoms with E-state index in [0.29, 0.717) is 6.08 Å². The van der Waals surface area contributed by atoms with E-state index in [1.54, 1.807) is 0 Å². The van der Waals surface area contributed by atoms with Crippen molar-refractivity contribution in [3.05, 3.63) is 11.6 Å². The number of aliphatic carboxylic acids is 2. The molecule has 0 aromatic carbocycles. The Bertz CT molecular complexity index is 175. The van der Waals surface area contributed by atoms with Gasteiger partial charge in [-0.05, 0) is 6.92 Å². The normalized spacial score (nSPS) is 9.00. The summed E-state index contributed by atoms with van der Waals surface area (Å²) in [5, 5.41) is 16.1. The minimum Gasteiger partial charge on any atom is -0.478 e. The van der Waals surface area contributed by atoms with Crippen LogP contribution >= 0.6 is 0 Å². The van der Waals surface area contributed by atoms with E-state index < -0.39 is 11.9 Å². The molecule has 0 atom stereocenters. The molecule has 0 aromatic rings. The molecule has 0 unspecified atom stereocenters. The van der Waals surface area contributed by atoms with Gasteiger partial charge >= 0.3 is 11.9 Å². The van der Waals surface area contributed by atoms with Crippen molar-refractivity contribution in [2.75, 3.05) is 0 Å². The number of rotatable bonds is 2. The Kier molecular flexibility index (Phi) is 17.0. The second kappa shape index (κ2) is 10.0. The van der Waals surface area contributed by atoms with Crippen molar-refractivity contribution in [1.29, 1.82) is 0 Å². The van der Waals surface area contributed by atoms with Crippen LogP contribution in [0.3, 0.4) is 0 Å². The molecule has 0 aliphatic carbocycles. The molecule has 0 rings (SSSR count). The van der Waals surface area contributed by atoms with E-state index in [4.69, 9.17) is 10.2 Å². The fourth-order valence-electron chi connectivity index (χ4n) is 0.247. The zero-order valence-corrected chi connectivity index (χ0v) is 13.0. The Labute approximate surface area is 149 Å². The fourth-order valence-corrected chi connectivity index (χ4v) is 0.247. The Hall–Kier alpha value is 1.95. The average Bonchev–Trinajstić information content (AvgIpc) is 1.63. The molecule has 0 aliphatic heterocycles. The number of carbonyl (C=O) groups is 2. The third kappa shape index (κ3) is 12.0. The smallest absolute Gasteiger partial charge is 0.331 e. The third-order valence-corrected chi connectivity index (χ3v) is 0.677. The molecule has 0 bridgehead atoms. The van der Waals surface area contributed by atoms with Gasteiger partial charge in [-0.1, -0.05) is 0 Å². The van der Waals surface area contributed by atoms with E-state index in [0.717, 1.165) is 0 Å². The van der Waals surface area contributed by atoms with Crippen LogP contribution in [0, 0.1) is 0 Å². The van der Waals surface area contributed by atoms with Gasteiger partial charge < -0.3 is 10.2 Å². The van der Waals surface area contributed by atoms with E-state index in [9.17, 15) is 9.59 Å². The van der Waals surface area contributed by atoms with Crippen molar-refractivity contribution < 1.29 is 19.8 Å². The maximum absolute atomic E-state index is 9.90. The van der Waals surface area contributed by atoms with Crippen molar-refractivity contribution in [1.82, 2.24) is 0 Å². The van der Waals surface area contributed by atoms with Gasteiger partial charge in [0.05, 0.1) is 0 Å². The zero-order chi connectivity index (χ0) is 7.44. The molecule has 4 nitrogen and oxygen atoms in total. The van der Waals surface area contributed by atoms with Crippen LogP contribution in [0.25, 0.3) is 0 Å². The minimum atomic E-state index is -1.24. The maximum atomic E-state index is 9.90. The molecule has 6 heteroatoms. The van der Waals surface area contributed by atoms with Gasteiger partial charge in [0.2, 0.25) is 0 Å². The summed E-state index contributed by atoms with van der Waals surface area (Å²) in [5.74, 6) is -2.45. The van der Waals surface area contributed by atoms with Crippen LogP contribution in [0.5, 0.6) is 0 Å². The summed E-state index contributed by atoms with van der Waals surface area (Å²) in [6, 6.07) is 0. The molecule has 0 saturated carbocycles. The monoisotopic (exact) mass is 208 g/mol. The van der Waals surface area contributed by atoms with Crippen LogP contribution in [-0.4, -0.2) is 125 Å². The molecule has 0 amide bonds. The van der Waals surface area contributed by atoms with Crippen molar-refractivity contribution in [3.63, 3.8) is 0 Å². The molecule has 0 heterocycles. The molecule has 2 radical (unpaired) electrons. The van der Waals surface area contributed by atoms with E-state index in [1.807, 2.05) is 0 Å². The summed E-state index contributed by atoms with van der Waals surface area (Å²) in [6.45, 7) is 1.22. The molecule has 11 heavy (non-hydrogen) atoms. The molecule has 52 valence electrons. The van der Waals surface area contributed by atoms with Crippen LogP contribution in [0.4, 0.5) is 0 Å². The topological polar surface area (TPSA) is 74.6 Å². The Morgan fingerprint density at radius 3 is 1.64 bits per heavy atom. The van der Waals surface area contributed by atoms with Gasteiger partial charge in [-0.2, -0.15) is 0 Å².